The topological polar surface area (TPSA) is 109 Å². The molecule has 0 aliphatic heterocycles. The van der Waals surface area contributed by atoms with Gasteiger partial charge < -0.3 is 19.9 Å². The van der Waals surface area contributed by atoms with E-state index in [-0.39, 0.29) is 11.3 Å². The summed E-state index contributed by atoms with van der Waals surface area (Å²) < 4.78 is 11.0. The van der Waals surface area contributed by atoms with Crippen molar-refractivity contribution in [2.75, 3.05) is 18.5 Å². The second-order valence-electron chi connectivity index (χ2n) is 6.22. The predicted molar refractivity (Wildman–Crippen MR) is 118 cm³/mol. The highest BCUT2D eigenvalue weighted by molar-refractivity contribution is 6.34. The Balaban J connectivity index is 2.44. The Bertz CT molecular complexity index is 1060. The van der Waals surface area contributed by atoms with Gasteiger partial charge in [-0.3, -0.25) is 4.79 Å². The average Bonchev–Trinajstić information content (AvgIpc) is 2.73. The van der Waals surface area contributed by atoms with Gasteiger partial charge in [-0.05, 0) is 49.2 Å². The number of hydrogen-bond acceptors (Lipinski definition) is 5. The highest BCUT2D eigenvalue weighted by Crippen LogP contribution is 2.35. The molecule has 0 spiro atoms. The third-order valence-electron chi connectivity index (χ3n) is 3.96. The molecule has 0 radical (unpaired) electrons. The summed E-state index contributed by atoms with van der Waals surface area (Å²) >= 11 is 6.06. The minimum absolute atomic E-state index is 0.147. The van der Waals surface area contributed by atoms with E-state index in [0.717, 1.165) is 0 Å². The number of nitriles is 1. The van der Waals surface area contributed by atoms with E-state index in [0.29, 0.717) is 40.6 Å². The minimum Gasteiger partial charge on any atom is -0.490 e. The SMILES string of the molecule is C=CCc1cc(/C=C(\C#N)C(=O)Nc2ccccc2Cl)cc(OCC)c1OCC(=O)O. The number of hydrogen-bond donors (Lipinski definition) is 2. The van der Waals surface area contributed by atoms with Crippen LogP contribution in [0.15, 0.2) is 54.6 Å². The molecular formula is C23H21ClN2O5. The van der Waals surface area contributed by atoms with Gasteiger partial charge in [0.05, 0.1) is 17.3 Å². The van der Waals surface area contributed by atoms with E-state index in [1.165, 1.54) is 6.08 Å². The van der Waals surface area contributed by atoms with Crippen LogP contribution in [0.1, 0.15) is 18.1 Å². The molecule has 2 aromatic rings. The molecule has 0 saturated heterocycles. The molecule has 0 heterocycles. The van der Waals surface area contributed by atoms with Gasteiger partial charge in [0.2, 0.25) is 0 Å². The normalized spacial score (nSPS) is 10.7. The maximum absolute atomic E-state index is 12.6. The number of amides is 1. The summed E-state index contributed by atoms with van der Waals surface area (Å²) in [5, 5.41) is 21.4. The number of ether oxygens (including phenoxy) is 2. The molecule has 2 rings (SSSR count). The molecule has 0 saturated carbocycles. The molecule has 8 heteroatoms. The number of halogens is 1. The highest BCUT2D eigenvalue weighted by Gasteiger charge is 2.16. The van der Waals surface area contributed by atoms with E-state index in [1.807, 2.05) is 6.07 Å². The summed E-state index contributed by atoms with van der Waals surface area (Å²) in [7, 11) is 0. The lowest BCUT2D eigenvalue weighted by Crippen LogP contribution is -2.14. The van der Waals surface area contributed by atoms with Gasteiger partial charge in [0.25, 0.3) is 5.91 Å². The van der Waals surface area contributed by atoms with Crippen LogP contribution in [0.3, 0.4) is 0 Å². The number of benzene rings is 2. The predicted octanol–water partition coefficient (Wildman–Crippen LogP) is 4.48. The van der Waals surface area contributed by atoms with Gasteiger partial charge in [-0.1, -0.05) is 29.8 Å². The second-order valence-corrected chi connectivity index (χ2v) is 6.63. The minimum atomic E-state index is -1.13. The number of carboxylic acids is 1. The van der Waals surface area contributed by atoms with Crippen molar-refractivity contribution >= 4 is 35.2 Å². The number of carbonyl (C=O) groups is 2. The van der Waals surface area contributed by atoms with Crippen LogP contribution >= 0.6 is 11.6 Å². The summed E-state index contributed by atoms with van der Waals surface area (Å²) in [5.74, 6) is -1.16. The number of para-hydroxylation sites is 1. The summed E-state index contributed by atoms with van der Waals surface area (Å²) in [4.78, 5) is 23.5. The van der Waals surface area contributed by atoms with E-state index in [9.17, 15) is 14.9 Å². The Kier molecular flexibility index (Phi) is 8.67. The zero-order valence-corrected chi connectivity index (χ0v) is 17.6. The van der Waals surface area contributed by atoms with Crippen molar-refractivity contribution in [3.63, 3.8) is 0 Å². The monoisotopic (exact) mass is 440 g/mol. The van der Waals surface area contributed by atoms with Crippen molar-refractivity contribution in [1.29, 1.82) is 5.26 Å². The number of carbonyl (C=O) groups excluding carboxylic acids is 1. The van der Waals surface area contributed by atoms with Gasteiger partial charge in [-0.25, -0.2) is 4.79 Å². The maximum Gasteiger partial charge on any atom is 0.341 e. The summed E-state index contributed by atoms with van der Waals surface area (Å²) in [6.07, 6.45) is 3.40. The molecule has 160 valence electrons. The summed E-state index contributed by atoms with van der Waals surface area (Å²) in [6, 6.07) is 11.8. The smallest absolute Gasteiger partial charge is 0.341 e. The molecule has 31 heavy (non-hydrogen) atoms. The zero-order chi connectivity index (χ0) is 22.8. The lowest BCUT2D eigenvalue weighted by Gasteiger charge is -2.16. The third kappa shape index (κ3) is 6.63. The van der Waals surface area contributed by atoms with E-state index >= 15 is 0 Å². The summed E-state index contributed by atoms with van der Waals surface area (Å²) in [5.41, 5.74) is 1.35. The molecule has 0 aromatic heterocycles. The molecule has 1 amide bonds. The quantitative estimate of drug-likeness (QED) is 0.320. The molecule has 0 bridgehead atoms. The number of anilines is 1. The van der Waals surface area contributed by atoms with Gasteiger partial charge >= 0.3 is 5.97 Å². The largest absolute Gasteiger partial charge is 0.490 e. The number of rotatable bonds is 10. The van der Waals surface area contributed by atoms with Crippen LogP contribution < -0.4 is 14.8 Å². The first-order chi connectivity index (χ1) is 14.9. The fourth-order valence-electron chi connectivity index (χ4n) is 2.70. The number of aliphatic carboxylic acids is 1. The molecular weight excluding hydrogens is 420 g/mol. The number of nitrogens with zero attached hydrogens (tertiary/aromatic N) is 1. The van der Waals surface area contributed by atoms with Crippen LogP contribution in [0, 0.1) is 11.3 Å². The molecule has 7 nitrogen and oxygen atoms in total. The molecule has 2 N–H and O–H groups in total. The van der Waals surface area contributed by atoms with Crippen LogP contribution in [-0.2, 0) is 16.0 Å². The number of allylic oxidation sites excluding steroid dienone is 1. The lowest BCUT2D eigenvalue weighted by atomic mass is 10.0. The molecule has 0 atom stereocenters. The van der Waals surface area contributed by atoms with Crippen LogP contribution in [0.25, 0.3) is 6.08 Å². The van der Waals surface area contributed by atoms with Gasteiger partial charge in [0, 0.05) is 5.56 Å². The molecule has 0 fully saturated rings. The fourth-order valence-corrected chi connectivity index (χ4v) is 2.88. The molecule has 0 aliphatic carbocycles. The Morgan fingerprint density at radius 1 is 1.29 bits per heavy atom. The van der Waals surface area contributed by atoms with Crippen LogP contribution in [-0.4, -0.2) is 30.2 Å². The van der Waals surface area contributed by atoms with Gasteiger partial charge in [0.15, 0.2) is 18.1 Å². The average molecular weight is 441 g/mol. The van der Waals surface area contributed by atoms with Crippen molar-refractivity contribution in [2.24, 2.45) is 0 Å². The Hall–Kier alpha value is -3.76. The van der Waals surface area contributed by atoms with Crippen molar-refractivity contribution in [3.8, 4) is 17.6 Å². The van der Waals surface area contributed by atoms with Crippen molar-refractivity contribution < 1.29 is 24.2 Å². The zero-order valence-electron chi connectivity index (χ0n) is 16.9. The second kappa shape index (κ2) is 11.4. The lowest BCUT2D eigenvalue weighted by molar-refractivity contribution is -0.139. The van der Waals surface area contributed by atoms with Crippen molar-refractivity contribution in [3.05, 3.63) is 70.8 Å². The van der Waals surface area contributed by atoms with Crippen molar-refractivity contribution in [2.45, 2.75) is 13.3 Å². The Morgan fingerprint density at radius 2 is 2.03 bits per heavy atom. The van der Waals surface area contributed by atoms with Crippen LogP contribution in [0.5, 0.6) is 11.5 Å². The van der Waals surface area contributed by atoms with Gasteiger partial charge in [-0.15, -0.1) is 6.58 Å². The molecule has 0 aliphatic rings. The third-order valence-corrected chi connectivity index (χ3v) is 4.29. The standard InChI is InChI=1S/C23H21ClN2O5/c1-3-7-16-10-15(12-20(30-4-2)22(16)31-14-21(27)28)11-17(13-25)23(29)26-19-9-6-5-8-18(19)24/h3,5-6,8-12H,1,4,7,14H2,2H3,(H,26,29)(H,27,28)/b17-11+. The first-order valence-corrected chi connectivity index (χ1v) is 9.70. The highest BCUT2D eigenvalue weighted by atomic mass is 35.5. The molecule has 2 aromatic carbocycles. The van der Waals surface area contributed by atoms with Crippen molar-refractivity contribution in [1.82, 2.24) is 0 Å². The maximum atomic E-state index is 12.6. The van der Waals surface area contributed by atoms with Gasteiger partial charge in [0.1, 0.15) is 11.6 Å². The van der Waals surface area contributed by atoms with Gasteiger partial charge in [-0.2, -0.15) is 5.26 Å². The van der Waals surface area contributed by atoms with E-state index in [4.69, 9.17) is 26.2 Å². The molecule has 0 unspecified atom stereocenters. The number of carboxylic acid groups (broad SMARTS) is 1. The van der Waals surface area contributed by atoms with Crippen LogP contribution in [0.4, 0.5) is 5.69 Å². The van der Waals surface area contributed by atoms with E-state index in [2.05, 4.69) is 11.9 Å². The Morgan fingerprint density at radius 3 is 2.65 bits per heavy atom. The van der Waals surface area contributed by atoms with E-state index in [1.54, 1.807) is 49.4 Å². The van der Waals surface area contributed by atoms with Crippen LogP contribution in [0.2, 0.25) is 5.02 Å². The summed E-state index contributed by atoms with van der Waals surface area (Å²) in [6.45, 7) is 5.24. The Labute approximate surface area is 185 Å². The first kappa shape index (κ1) is 23.5. The van der Waals surface area contributed by atoms with E-state index < -0.39 is 18.5 Å². The number of nitrogens with one attached hydrogen (secondary N) is 1. The first-order valence-electron chi connectivity index (χ1n) is 9.32. The fraction of sp³-hybridized carbons (Fsp3) is 0.174.